The summed E-state index contributed by atoms with van der Waals surface area (Å²) in [4.78, 5) is 22.2. The van der Waals surface area contributed by atoms with Gasteiger partial charge in [-0.1, -0.05) is 23.5 Å². The number of hydrogen-bond acceptors (Lipinski definition) is 4. The molecular formula is C13H14N2O3S. The van der Waals surface area contributed by atoms with Crippen molar-refractivity contribution >= 4 is 23.0 Å². The Kier molecular flexibility index (Phi) is 4.01. The minimum Gasteiger partial charge on any atom is -0.481 e. The normalized spacial score (nSPS) is 10.5. The lowest BCUT2D eigenvalue weighted by Crippen LogP contribution is -2.15. The van der Waals surface area contributed by atoms with Gasteiger partial charge in [-0.15, -0.1) is 0 Å². The van der Waals surface area contributed by atoms with E-state index in [-0.39, 0.29) is 11.3 Å². The van der Waals surface area contributed by atoms with E-state index in [0.717, 1.165) is 22.6 Å². The van der Waals surface area contributed by atoms with E-state index in [1.54, 1.807) is 22.1 Å². The highest BCUT2D eigenvalue weighted by molar-refractivity contribution is 7.07. The Morgan fingerprint density at radius 2 is 2.21 bits per heavy atom. The maximum atomic E-state index is 11.8. The molecule has 2 aromatic rings. The molecule has 3 N–H and O–H groups in total. The summed E-state index contributed by atoms with van der Waals surface area (Å²) < 4.78 is 1.60. The predicted molar refractivity (Wildman–Crippen MR) is 75.3 cm³/mol. The Morgan fingerprint density at radius 3 is 2.89 bits per heavy atom. The van der Waals surface area contributed by atoms with Gasteiger partial charge in [-0.3, -0.25) is 14.2 Å². The van der Waals surface area contributed by atoms with Crippen LogP contribution in [0.3, 0.4) is 0 Å². The topological polar surface area (TPSA) is 85.3 Å². The van der Waals surface area contributed by atoms with E-state index in [4.69, 9.17) is 10.8 Å². The number of nitrogens with zero attached hydrogens (tertiary/aromatic N) is 1. The largest absolute Gasteiger partial charge is 0.481 e. The zero-order valence-corrected chi connectivity index (χ0v) is 11.0. The molecule has 0 fully saturated rings. The number of thiazole rings is 1. The van der Waals surface area contributed by atoms with Gasteiger partial charge in [0.25, 0.3) is 0 Å². The highest BCUT2D eigenvalue weighted by Gasteiger charge is 2.09. The Bertz CT molecular complexity index is 645. The fourth-order valence-corrected chi connectivity index (χ4v) is 2.65. The van der Waals surface area contributed by atoms with E-state index < -0.39 is 5.97 Å². The van der Waals surface area contributed by atoms with Crippen LogP contribution in [0.1, 0.15) is 12.8 Å². The number of carboxylic acids is 1. The number of nitrogen functional groups attached to an aromatic ring is 1. The lowest BCUT2D eigenvalue weighted by molar-refractivity contribution is -0.137. The number of nitrogens with two attached hydrogens (primary N) is 1. The van der Waals surface area contributed by atoms with Crippen LogP contribution in [-0.2, 0) is 11.3 Å². The first-order valence-electron chi connectivity index (χ1n) is 5.84. The lowest BCUT2D eigenvalue weighted by atomic mass is 10.1. The predicted octanol–water partition coefficient (Wildman–Crippen LogP) is 2.02. The number of carboxylic acid groups (broad SMARTS) is 1. The van der Waals surface area contributed by atoms with E-state index in [1.807, 2.05) is 12.1 Å². The first-order chi connectivity index (χ1) is 9.08. The van der Waals surface area contributed by atoms with Crippen LogP contribution in [0.4, 0.5) is 5.69 Å². The lowest BCUT2D eigenvalue weighted by Gasteiger charge is -2.07. The number of aliphatic carboxylic acids is 1. The molecule has 0 aliphatic rings. The van der Waals surface area contributed by atoms with Crippen LogP contribution in [0.2, 0.25) is 0 Å². The second-order valence-electron chi connectivity index (χ2n) is 4.16. The van der Waals surface area contributed by atoms with Crippen molar-refractivity contribution in [3.8, 4) is 11.3 Å². The molecule has 6 heteroatoms. The molecule has 0 spiro atoms. The summed E-state index contributed by atoms with van der Waals surface area (Å²) in [6, 6.07) is 7.29. The summed E-state index contributed by atoms with van der Waals surface area (Å²) in [5.41, 5.74) is 8.02. The number of anilines is 1. The molecule has 5 nitrogen and oxygen atoms in total. The van der Waals surface area contributed by atoms with Crippen molar-refractivity contribution in [3.05, 3.63) is 39.3 Å². The van der Waals surface area contributed by atoms with Crippen LogP contribution in [0.25, 0.3) is 11.3 Å². The molecule has 1 aromatic heterocycles. The van der Waals surface area contributed by atoms with Gasteiger partial charge >= 0.3 is 10.8 Å². The Hall–Kier alpha value is -2.08. The number of aromatic nitrogens is 1. The average Bonchev–Trinajstić information content (AvgIpc) is 2.71. The molecule has 0 radical (unpaired) electrons. The summed E-state index contributed by atoms with van der Waals surface area (Å²) in [5, 5.41) is 10.4. The third-order valence-electron chi connectivity index (χ3n) is 2.74. The van der Waals surface area contributed by atoms with E-state index in [9.17, 15) is 9.59 Å². The van der Waals surface area contributed by atoms with Gasteiger partial charge in [0.15, 0.2) is 0 Å². The Labute approximate surface area is 113 Å². The van der Waals surface area contributed by atoms with Gasteiger partial charge in [0.2, 0.25) is 0 Å². The minimum absolute atomic E-state index is 0.0542. The van der Waals surface area contributed by atoms with Crippen LogP contribution in [0.5, 0.6) is 0 Å². The minimum atomic E-state index is -0.853. The first-order valence-corrected chi connectivity index (χ1v) is 6.72. The summed E-state index contributed by atoms with van der Waals surface area (Å²) in [5.74, 6) is -0.853. The molecule has 0 saturated heterocycles. The quantitative estimate of drug-likeness (QED) is 0.819. The third-order valence-corrected chi connectivity index (χ3v) is 3.50. The summed E-state index contributed by atoms with van der Waals surface area (Å²) >= 11 is 1.11. The van der Waals surface area contributed by atoms with Crippen LogP contribution in [0.15, 0.2) is 34.4 Å². The summed E-state index contributed by atoms with van der Waals surface area (Å²) in [6.07, 6.45) is 0.486. The standard InChI is InChI=1S/C13H14N2O3S/c14-10-4-1-3-9(7-10)11-8-19-13(18)15(11)6-2-5-12(16)17/h1,3-4,7-8H,2,5-6,14H2,(H,16,17). The highest BCUT2D eigenvalue weighted by Crippen LogP contribution is 2.22. The number of hydrogen-bond donors (Lipinski definition) is 2. The number of benzene rings is 1. The van der Waals surface area contributed by atoms with E-state index >= 15 is 0 Å². The molecule has 0 unspecified atom stereocenters. The van der Waals surface area contributed by atoms with Crippen LogP contribution in [-0.4, -0.2) is 15.6 Å². The van der Waals surface area contributed by atoms with Gasteiger partial charge in [-0.05, 0) is 18.6 Å². The van der Waals surface area contributed by atoms with Crippen LogP contribution in [0, 0.1) is 0 Å². The van der Waals surface area contributed by atoms with Gasteiger partial charge in [0.05, 0.1) is 5.69 Å². The first kappa shape index (κ1) is 13.4. The molecule has 0 bridgehead atoms. The summed E-state index contributed by atoms with van der Waals surface area (Å²) in [7, 11) is 0. The van der Waals surface area contributed by atoms with Gasteiger partial charge in [0.1, 0.15) is 0 Å². The van der Waals surface area contributed by atoms with Crippen molar-refractivity contribution in [3.63, 3.8) is 0 Å². The summed E-state index contributed by atoms with van der Waals surface area (Å²) in [6.45, 7) is 0.402. The molecule has 0 aliphatic carbocycles. The SMILES string of the molecule is Nc1cccc(-c2csc(=O)n2CCCC(=O)O)c1. The smallest absolute Gasteiger partial charge is 0.307 e. The van der Waals surface area contributed by atoms with Crippen LogP contribution >= 0.6 is 11.3 Å². The molecule has 0 saturated carbocycles. The van der Waals surface area contributed by atoms with Gasteiger partial charge in [-0.2, -0.15) is 0 Å². The van der Waals surface area contributed by atoms with E-state index in [2.05, 4.69) is 0 Å². The second kappa shape index (κ2) is 5.71. The van der Waals surface area contributed by atoms with Crippen molar-refractivity contribution in [1.29, 1.82) is 0 Å². The molecule has 0 aliphatic heterocycles. The molecule has 19 heavy (non-hydrogen) atoms. The molecule has 1 aromatic carbocycles. The van der Waals surface area contributed by atoms with Crippen molar-refractivity contribution in [1.82, 2.24) is 4.57 Å². The molecule has 0 amide bonds. The van der Waals surface area contributed by atoms with Crippen molar-refractivity contribution in [2.24, 2.45) is 0 Å². The van der Waals surface area contributed by atoms with Gasteiger partial charge in [0, 0.05) is 29.6 Å². The van der Waals surface area contributed by atoms with E-state index in [0.29, 0.717) is 18.7 Å². The number of carbonyl (C=O) groups is 1. The Morgan fingerprint density at radius 1 is 1.42 bits per heavy atom. The van der Waals surface area contributed by atoms with Gasteiger partial charge in [-0.25, -0.2) is 0 Å². The van der Waals surface area contributed by atoms with Gasteiger partial charge < -0.3 is 10.8 Å². The van der Waals surface area contributed by atoms with E-state index in [1.165, 1.54) is 0 Å². The number of rotatable bonds is 5. The molecule has 0 atom stereocenters. The molecule has 1 heterocycles. The third kappa shape index (κ3) is 3.23. The zero-order valence-electron chi connectivity index (χ0n) is 10.2. The van der Waals surface area contributed by atoms with Crippen molar-refractivity contribution in [2.75, 3.05) is 5.73 Å². The molecule has 100 valence electrons. The Balaban J connectivity index is 2.27. The fourth-order valence-electron chi connectivity index (χ4n) is 1.85. The fraction of sp³-hybridized carbons (Fsp3) is 0.231. The molecule has 2 rings (SSSR count). The average molecular weight is 278 g/mol. The zero-order chi connectivity index (χ0) is 13.8. The maximum Gasteiger partial charge on any atom is 0.307 e. The second-order valence-corrected chi connectivity index (χ2v) is 4.98. The molecular weight excluding hydrogens is 264 g/mol. The van der Waals surface area contributed by atoms with Crippen molar-refractivity contribution in [2.45, 2.75) is 19.4 Å². The highest BCUT2D eigenvalue weighted by atomic mass is 32.1. The van der Waals surface area contributed by atoms with Crippen molar-refractivity contribution < 1.29 is 9.90 Å². The maximum absolute atomic E-state index is 11.8. The monoisotopic (exact) mass is 278 g/mol. The van der Waals surface area contributed by atoms with Crippen LogP contribution < -0.4 is 10.6 Å².